The van der Waals surface area contributed by atoms with Crippen molar-refractivity contribution in [3.8, 4) is 0 Å². The van der Waals surface area contributed by atoms with Crippen LogP contribution in [0.4, 0.5) is 11.4 Å². The number of hydrogen-bond acceptors (Lipinski definition) is 5. The first-order chi connectivity index (χ1) is 9.11. The highest BCUT2D eigenvalue weighted by Crippen LogP contribution is 2.20. The van der Waals surface area contributed by atoms with Crippen LogP contribution in [0.15, 0.2) is 24.3 Å². The van der Waals surface area contributed by atoms with Crippen molar-refractivity contribution >= 4 is 17.3 Å². The van der Waals surface area contributed by atoms with Gasteiger partial charge >= 0.3 is 0 Å². The van der Waals surface area contributed by atoms with Crippen LogP contribution in [0.5, 0.6) is 0 Å². The average molecular weight is 265 g/mol. The fourth-order valence-electron chi connectivity index (χ4n) is 2.10. The monoisotopic (exact) mass is 265 g/mol. The highest BCUT2D eigenvalue weighted by Gasteiger charge is 2.20. The molecule has 1 heterocycles. The van der Waals surface area contributed by atoms with E-state index in [0.29, 0.717) is 26.2 Å². The van der Waals surface area contributed by atoms with Crippen molar-refractivity contribution in [2.75, 3.05) is 37.7 Å². The molecular formula is C12H15N3O4. The minimum atomic E-state index is -0.461. The summed E-state index contributed by atoms with van der Waals surface area (Å²) >= 11 is 0. The molecule has 0 spiro atoms. The van der Waals surface area contributed by atoms with Crippen molar-refractivity contribution in [1.29, 1.82) is 0 Å². The smallest absolute Gasteiger partial charge is 0.269 e. The van der Waals surface area contributed by atoms with Crippen molar-refractivity contribution in [2.24, 2.45) is 0 Å². The molecule has 0 atom stereocenters. The second-order valence-corrected chi connectivity index (χ2v) is 4.30. The van der Waals surface area contributed by atoms with Crippen LogP contribution in [0.2, 0.25) is 0 Å². The van der Waals surface area contributed by atoms with Gasteiger partial charge < -0.3 is 14.9 Å². The number of hydrogen-bond donors (Lipinski definition) is 1. The zero-order chi connectivity index (χ0) is 13.8. The van der Waals surface area contributed by atoms with Crippen LogP contribution < -0.4 is 4.90 Å². The zero-order valence-corrected chi connectivity index (χ0v) is 10.4. The van der Waals surface area contributed by atoms with Gasteiger partial charge in [-0.1, -0.05) is 0 Å². The quantitative estimate of drug-likeness (QED) is 0.624. The number of rotatable bonds is 3. The Labute approximate surface area is 110 Å². The predicted molar refractivity (Wildman–Crippen MR) is 69.0 cm³/mol. The summed E-state index contributed by atoms with van der Waals surface area (Å²) in [6.07, 6.45) is 0. The lowest BCUT2D eigenvalue weighted by atomic mass is 10.2. The lowest BCUT2D eigenvalue weighted by Gasteiger charge is -2.35. The largest absolute Gasteiger partial charge is 0.387 e. The van der Waals surface area contributed by atoms with Gasteiger partial charge in [0.1, 0.15) is 6.61 Å². The van der Waals surface area contributed by atoms with Gasteiger partial charge in [-0.05, 0) is 12.1 Å². The Hall–Kier alpha value is -2.15. The van der Waals surface area contributed by atoms with Crippen LogP contribution in [0.25, 0.3) is 0 Å². The maximum absolute atomic E-state index is 11.3. The Balaban J connectivity index is 1.97. The third-order valence-corrected chi connectivity index (χ3v) is 3.19. The van der Waals surface area contributed by atoms with E-state index in [-0.39, 0.29) is 11.6 Å². The molecule has 2 rings (SSSR count). The van der Waals surface area contributed by atoms with E-state index in [0.717, 1.165) is 5.69 Å². The summed E-state index contributed by atoms with van der Waals surface area (Å²) < 4.78 is 0. The number of carbonyl (C=O) groups excluding carboxylic acids is 1. The SMILES string of the molecule is O=C(CO)N1CCN(c2ccc([N+](=O)[O-])cc2)CC1. The van der Waals surface area contributed by atoms with Crippen LogP contribution in [0, 0.1) is 10.1 Å². The van der Waals surface area contributed by atoms with Crippen molar-refractivity contribution in [3.05, 3.63) is 34.4 Å². The fourth-order valence-corrected chi connectivity index (χ4v) is 2.10. The summed E-state index contributed by atoms with van der Waals surface area (Å²) in [4.78, 5) is 25.1. The normalized spacial score (nSPS) is 15.4. The van der Waals surface area contributed by atoms with Gasteiger partial charge in [0.25, 0.3) is 5.69 Å². The van der Waals surface area contributed by atoms with E-state index < -0.39 is 11.5 Å². The van der Waals surface area contributed by atoms with Crippen LogP contribution in [0.1, 0.15) is 0 Å². The van der Waals surface area contributed by atoms with Crippen LogP contribution in [-0.4, -0.2) is 53.6 Å². The van der Waals surface area contributed by atoms with E-state index in [9.17, 15) is 14.9 Å². The van der Waals surface area contributed by atoms with Crippen LogP contribution >= 0.6 is 0 Å². The predicted octanol–water partition coefficient (Wildman–Crippen LogP) is 0.236. The van der Waals surface area contributed by atoms with E-state index in [1.165, 1.54) is 12.1 Å². The number of nitro benzene ring substituents is 1. The molecule has 1 fully saturated rings. The lowest BCUT2D eigenvalue weighted by Crippen LogP contribution is -2.49. The van der Waals surface area contributed by atoms with E-state index >= 15 is 0 Å². The third kappa shape index (κ3) is 3.00. The number of nitrogens with zero attached hydrogens (tertiary/aromatic N) is 3. The number of aliphatic hydroxyl groups excluding tert-OH is 1. The molecule has 0 unspecified atom stereocenters. The van der Waals surface area contributed by atoms with Crippen LogP contribution in [0.3, 0.4) is 0 Å². The highest BCUT2D eigenvalue weighted by molar-refractivity contribution is 5.77. The Bertz CT molecular complexity index is 466. The second kappa shape index (κ2) is 5.66. The Kier molecular flexibility index (Phi) is 3.96. The van der Waals surface area contributed by atoms with Gasteiger partial charge in [-0.2, -0.15) is 0 Å². The van der Waals surface area contributed by atoms with Gasteiger partial charge in [-0.25, -0.2) is 0 Å². The molecule has 19 heavy (non-hydrogen) atoms. The number of benzene rings is 1. The van der Waals surface area contributed by atoms with Crippen molar-refractivity contribution < 1.29 is 14.8 Å². The molecule has 1 amide bonds. The van der Waals surface area contributed by atoms with Gasteiger partial charge in [0.15, 0.2) is 0 Å². The number of carbonyl (C=O) groups is 1. The van der Waals surface area contributed by atoms with Gasteiger partial charge in [0.05, 0.1) is 4.92 Å². The number of piperazine rings is 1. The van der Waals surface area contributed by atoms with E-state index in [2.05, 4.69) is 4.90 Å². The topological polar surface area (TPSA) is 86.9 Å². The van der Waals surface area contributed by atoms with E-state index in [1.54, 1.807) is 17.0 Å². The molecule has 1 aliphatic rings. The first kappa shape index (κ1) is 13.3. The molecule has 0 saturated carbocycles. The summed E-state index contributed by atoms with van der Waals surface area (Å²) in [7, 11) is 0. The first-order valence-electron chi connectivity index (χ1n) is 6.00. The van der Waals surface area contributed by atoms with Crippen molar-refractivity contribution in [3.63, 3.8) is 0 Å². The standard InChI is InChI=1S/C12H15N3O4/c16-9-12(17)14-7-5-13(6-8-14)10-1-3-11(4-2-10)15(18)19/h1-4,16H,5-9H2. The number of non-ortho nitro benzene ring substituents is 1. The maximum Gasteiger partial charge on any atom is 0.269 e. The van der Waals surface area contributed by atoms with E-state index in [4.69, 9.17) is 5.11 Å². The number of amides is 1. The van der Waals surface area contributed by atoms with Crippen LogP contribution in [-0.2, 0) is 4.79 Å². The first-order valence-corrected chi connectivity index (χ1v) is 6.00. The van der Waals surface area contributed by atoms with Crippen molar-refractivity contribution in [2.45, 2.75) is 0 Å². The molecule has 7 heteroatoms. The lowest BCUT2D eigenvalue weighted by molar-refractivity contribution is -0.384. The molecule has 1 aromatic carbocycles. The molecule has 1 aromatic rings. The molecule has 7 nitrogen and oxygen atoms in total. The molecular weight excluding hydrogens is 250 g/mol. The third-order valence-electron chi connectivity index (χ3n) is 3.19. The van der Waals surface area contributed by atoms with Crippen molar-refractivity contribution in [1.82, 2.24) is 4.90 Å². The molecule has 0 aromatic heterocycles. The van der Waals surface area contributed by atoms with Gasteiger partial charge in [-0.3, -0.25) is 14.9 Å². The summed E-state index contributed by atoms with van der Waals surface area (Å²) in [6, 6.07) is 6.37. The molecule has 0 aliphatic carbocycles. The summed E-state index contributed by atoms with van der Waals surface area (Å²) in [5.74, 6) is -0.261. The maximum atomic E-state index is 11.3. The molecule has 1 saturated heterocycles. The number of nitro groups is 1. The van der Waals surface area contributed by atoms with Gasteiger partial charge in [0.2, 0.25) is 5.91 Å². The Morgan fingerprint density at radius 1 is 1.21 bits per heavy atom. The van der Waals surface area contributed by atoms with E-state index in [1.807, 2.05) is 0 Å². The summed E-state index contributed by atoms with van der Waals surface area (Å²) in [5, 5.41) is 19.3. The molecule has 0 bridgehead atoms. The number of anilines is 1. The average Bonchev–Trinajstić information content (AvgIpc) is 2.46. The molecule has 1 aliphatic heterocycles. The minimum absolute atomic E-state index is 0.0674. The molecule has 0 radical (unpaired) electrons. The Morgan fingerprint density at radius 2 is 1.79 bits per heavy atom. The zero-order valence-electron chi connectivity index (χ0n) is 10.4. The fraction of sp³-hybridized carbons (Fsp3) is 0.417. The number of aliphatic hydroxyl groups is 1. The summed E-state index contributed by atoms with van der Waals surface area (Å²) in [6.45, 7) is 1.96. The van der Waals surface area contributed by atoms with Gasteiger partial charge in [0, 0.05) is 44.0 Å². The second-order valence-electron chi connectivity index (χ2n) is 4.30. The highest BCUT2D eigenvalue weighted by atomic mass is 16.6. The van der Waals surface area contributed by atoms with Gasteiger partial charge in [-0.15, -0.1) is 0 Å². The summed E-state index contributed by atoms with van der Waals surface area (Å²) in [5.41, 5.74) is 0.972. The molecule has 1 N–H and O–H groups in total. The Morgan fingerprint density at radius 3 is 2.26 bits per heavy atom. The minimum Gasteiger partial charge on any atom is -0.387 e. The molecule has 102 valence electrons.